The summed E-state index contributed by atoms with van der Waals surface area (Å²) in [6, 6.07) is 10.6. The summed E-state index contributed by atoms with van der Waals surface area (Å²) >= 11 is 5.87. The SMILES string of the molecule is O=S(=O)(Cc1ccc(Cl)cc1)N1CCN(c2cc(-n3cccn3)ncn2)CC1. The number of halogens is 1. The number of benzene rings is 1. The predicted molar refractivity (Wildman–Crippen MR) is 107 cm³/mol. The molecule has 146 valence electrons. The van der Waals surface area contributed by atoms with Gasteiger partial charge in [-0.2, -0.15) is 9.40 Å². The largest absolute Gasteiger partial charge is 0.354 e. The van der Waals surface area contributed by atoms with E-state index in [4.69, 9.17) is 11.6 Å². The number of piperazine rings is 1. The van der Waals surface area contributed by atoms with Crippen LogP contribution in [0.4, 0.5) is 5.82 Å². The monoisotopic (exact) mass is 418 g/mol. The molecule has 1 fully saturated rings. The number of hydrogen-bond donors (Lipinski definition) is 0. The molecule has 2 aromatic heterocycles. The number of rotatable bonds is 5. The predicted octanol–water partition coefficient (Wildman–Crippen LogP) is 1.97. The molecule has 8 nitrogen and oxygen atoms in total. The summed E-state index contributed by atoms with van der Waals surface area (Å²) < 4.78 is 28.7. The summed E-state index contributed by atoms with van der Waals surface area (Å²) in [6.45, 7) is 1.96. The maximum atomic E-state index is 12.7. The fraction of sp³-hybridized carbons (Fsp3) is 0.278. The Morgan fingerprint density at radius 3 is 2.39 bits per heavy atom. The fourth-order valence-corrected chi connectivity index (χ4v) is 4.76. The lowest BCUT2D eigenvalue weighted by molar-refractivity contribution is 0.383. The van der Waals surface area contributed by atoms with Gasteiger partial charge in [-0.05, 0) is 23.8 Å². The maximum absolute atomic E-state index is 12.7. The minimum atomic E-state index is -3.38. The maximum Gasteiger partial charge on any atom is 0.218 e. The van der Waals surface area contributed by atoms with Crippen LogP contribution in [0.3, 0.4) is 0 Å². The van der Waals surface area contributed by atoms with Crippen LogP contribution in [-0.2, 0) is 15.8 Å². The number of sulfonamides is 1. The fourth-order valence-electron chi connectivity index (χ4n) is 3.12. The van der Waals surface area contributed by atoms with Gasteiger partial charge in [-0.1, -0.05) is 23.7 Å². The van der Waals surface area contributed by atoms with Crippen LogP contribution in [0.25, 0.3) is 5.82 Å². The topological polar surface area (TPSA) is 84.2 Å². The van der Waals surface area contributed by atoms with E-state index in [1.165, 1.54) is 10.6 Å². The summed E-state index contributed by atoms with van der Waals surface area (Å²) in [7, 11) is -3.38. The van der Waals surface area contributed by atoms with Crippen molar-refractivity contribution >= 4 is 27.4 Å². The zero-order valence-corrected chi connectivity index (χ0v) is 16.6. The second kappa shape index (κ2) is 7.86. The van der Waals surface area contributed by atoms with Crippen LogP contribution in [0, 0.1) is 0 Å². The second-order valence-corrected chi connectivity index (χ2v) is 8.86. The summed E-state index contributed by atoms with van der Waals surface area (Å²) in [5.41, 5.74) is 0.728. The van der Waals surface area contributed by atoms with E-state index >= 15 is 0 Å². The Hall–Kier alpha value is -2.49. The zero-order valence-electron chi connectivity index (χ0n) is 15.0. The Balaban J connectivity index is 1.42. The highest BCUT2D eigenvalue weighted by Gasteiger charge is 2.27. The molecule has 0 N–H and O–H groups in total. The average molecular weight is 419 g/mol. The van der Waals surface area contributed by atoms with Crippen LogP contribution in [0.1, 0.15) is 5.56 Å². The Morgan fingerprint density at radius 1 is 1.00 bits per heavy atom. The molecule has 0 atom stereocenters. The molecule has 4 rings (SSSR count). The van der Waals surface area contributed by atoms with Crippen LogP contribution >= 0.6 is 11.6 Å². The van der Waals surface area contributed by atoms with Gasteiger partial charge in [0.25, 0.3) is 0 Å². The van der Waals surface area contributed by atoms with Gasteiger partial charge in [-0.25, -0.2) is 23.1 Å². The van der Waals surface area contributed by atoms with Crippen molar-refractivity contribution in [3.8, 4) is 5.82 Å². The van der Waals surface area contributed by atoms with E-state index in [-0.39, 0.29) is 5.75 Å². The lowest BCUT2D eigenvalue weighted by atomic mass is 10.2. The highest BCUT2D eigenvalue weighted by molar-refractivity contribution is 7.88. The molecule has 3 heterocycles. The summed E-state index contributed by atoms with van der Waals surface area (Å²) in [5, 5.41) is 4.77. The highest BCUT2D eigenvalue weighted by atomic mass is 35.5. The highest BCUT2D eigenvalue weighted by Crippen LogP contribution is 2.19. The van der Waals surface area contributed by atoms with Gasteiger partial charge in [0.1, 0.15) is 12.1 Å². The third-order valence-corrected chi connectivity index (χ3v) is 6.70. The first kappa shape index (κ1) is 18.9. The van der Waals surface area contributed by atoms with Gasteiger partial charge >= 0.3 is 0 Å². The smallest absolute Gasteiger partial charge is 0.218 e. The molecule has 0 unspecified atom stereocenters. The van der Waals surface area contributed by atoms with Crippen LogP contribution in [0.5, 0.6) is 0 Å². The molecule has 1 aromatic carbocycles. The van der Waals surface area contributed by atoms with Gasteiger partial charge in [0.05, 0.1) is 5.75 Å². The first-order chi connectivity index (χ1) is 13.5. The van der Waals surface area contributed by atoms with Crippen molar-refractivity contribution in [2.75, 3.05) is 31.1 Å². The van der Waals surface area contributed by atoms with Gasteiger partial charge in [0, 0.05) is 49.7 Å². The number of hydrogen-bond acceptors (Lipinski definition) is 6. The molecule has 0 bridgehead atoms. The minimum Gasteiger partial charge on any atom is -0.354 e. The Bertz CT molecular complexity index is 1030. The van der Waals surface area contributed by atoms with E-state index in [2.05, 4.69) is 20.0 Å². The molecule has 3 aromatic rings. The normalized spacial score (nSPS) is 15.7. The summed E-state index contributed by atoms with van der Waals surface area (Å²) in [6.07, 6.45) is 5.00. The van der Waals surface area contributed by atoms with Crippen molar-refractivity contribution in [3.63, 3.8) is 0 Å². The van der Waals surface area contributed by atoms with E-state index in [1.54, 1.807) is 35.1 Å². The molecule has 1 aliphatic heterocycles. The van der Waals surface area contributed by atoms with Gasteiger partial charge in [0.15, 0.2) is 5.82 Å². The molecule has 0 radical (unpaired) electrons. The van der Waals surface area contributed by atoms with Crippen molar-refractivity contribution in [1.29, 1.82) is 0 Å². The summed E-state index contributed by atoms with van der Waals surface area (Å²) in [4.78, 5) is 10.6. The van der Waals surface area contributed by atoms with Gasteiger partial charge in [0.2, 0.25) is 10.0 Å². The molecule has 0 aliphatic carbocycles. The van der Waals surface area contributed by atoms with Crippen LogP contribution < -0.4 is 4.90 Å². The van der Waals surface area contributed by atoms with E-state index in [9.17, 15) is 8.42 Å². The quantitative estimate of drug-likeness (QED) is 0.629. The van der Waals surface area contributed by atoms with Crippen molar-refractivity contribution in [2.24, 2.45) is 0 Å². The Morgan fingerprint density at radius 2 is 1.71 bits per heavy atom. The lowest BCUT2D eigenvalue weighted by Crippen LogP contribution is -2.49. The van der Waals surface area contributed by atoms with Gasteiger partial charge in [-0.15, -0.1) is 0 Å². The van der Waals surface area contributed by atoms with Crippen molar-refractivity contribution in [3.05, 3.63) is 65.7 Å². The number of anilines is 1. The molecule has 1 aliphatic rings. The van der Waals surface area contributed by atoms with Gasteiger partial charge in [-0.3, -0.25) is 0 Å². The minimum absolute atomic E-state index is 0.0267. The molecule has 0 saturated carbocycles. The lowest BCUT2D eigenvalue weighted by Gasteiger charge is -2.34. The number of aromatic nitrogens is 4. The van der Waals surface area contributed by atoms with Crippen LogP contribution in [0.15, 0.2) is 55.1 Å². The number of nitrogens with zero attached hydrogens (tertiary/aromatic N) is 6. The van der Waals surface area contributed by atoms with E-state index in [0.29, 0.717) is 37.0 Å². The molecular formula is C18H19ClN6O2S. The van der Waals surface area contributed by atoms with Gasteiger partial charge < -0.3 is 4.90 Å². The Kier molecular flexibility index (Phi) is 5.29. The third-order valence-electron chi connectivity index (χ3n) is 4.60. The third kappa shape index (κ3) is 4.16. The van der Waals surface area contributed by atoms with Crippen molar-refractivity contribution in [1.82, 2.24) is 24.1 Å². The molecule has 0 spiro atoms. The van der Waals surface area contributed by atoms with E-state index < -0.39 is 10.0 Å². The van der Waals surface area contributed by atoms with Crippen LogP contribution in [0.2, 0.25) is 5.02 Å². The molecular weight excluding hydrogens is 400 g/mol. The zero-order chi connectivity index (χ0) is 19.6. The molecule has 1 saturated heterocycles. The van der Waals surface area contributed by atoms with E-state index in [0.717, 1.165) is 11.4 Å². The Labute approximate surface area is 168 Å². The van der Waals surface area contributed by atoms with E-state index in [1.807, 2.05) is 18.3 Å². The second-order valence-electron chi connectivity index (χ2n) is 6.45. The molecule has 0 amide bonds. The molecule has 28 heavy (non-hydrogen) atoms. The first-order valence-corrected chi connectivity index (χ1v) is 10.8. The first-order valence-electron chi connectivity index (χ1n) is 8.80. The molecule has 10 heteroatoms. The standard InChI is InChI=1S/C18H19ClN6O2S/c19-16-4-2-15(3-5-16)13-28(26,27)24-10-8-23(9-11-24)17-12-18(21-14-20-17)25-7-1-6-22-25/h1-7,12,14H,8-11,13H2. The average Bonchev–Trinajstić information content (AvgIpc) is 3.25. The van der Waals surface area contributed by atoms with Crippen molar-refractivity contribution in [2.45, 2.75) is 5.75 Å². The van der Waals surface area contributed by atoms with Crippen LogP contribution in [-0.4, -0.2) is 58.7 Å². The summed E-state index contributed by atoms with van der Waals surface area (Å²) in [5.74, 6) is 1.41. The van der Waals surface area contributed by atoms with Crippen molar-refractivity contribution < 1.29 is 8.42 Å².